The Kier molecular flexibility index (Phi) is 3.24. The Balaban J connectivity index is 2.10. The Morgan fingerprint density at radius 3 is 2.84 bits per heavy atom. The molecule has 0 spiro atoms. The van der Waals surface area contributed by atoms with Gasteiger partial charge >= 0.3 is 0 Å². The van der Waals surface area contributed by atoms with Gasteiger partial charge in [-0.2, -0.15) is 0 Å². The number of nitrogens with zero attached hydrogens (tertiary/aromatic N) is 1. The van der Waals surface area contributed by atoms with Crippen molar-refractivity contribution in [1.29, 1.82) is 0 Å². The monoisotopic (exact) mass is 336 g/mol. The summed E-state index contributed by atoms with van der Waals surface area (Å²) in [5.41, 5.74) is 2.87. The van der Waals surface area contributed by atoms with Gasteiger partial charge in [0.15, 0.2) is 4.77 Å². The zero-order valence-corrected chi connectivity index (χ0v) is 12.3. The van der Waals surface area contributed by atoms with Crippen molar-refractivity contribution in [2.24, 2.45) is 0 Å². The summed E-state index contributed by atoms with van der Waals surface area (Å²) in [6.07, 6.45) is 0. The topological polar surface area (TPSA) is 20.7 Å². The molecule has 1 N–H and O–H groups in total. The molecule has 0 aliphatic heterocycles. The molecule has 0 bridgehead atoms. The van der Waals surface area contributed by atoms with Gasteiger partial charge in [0.25, 0.3) is 0 Å². The minimum absolute atomic E-state index is 0.230. The van der Waals surface area contributed by atoms with E-state index < -0.39 is 0 Å². The number of nitrogens with one attached hydrogen (secondary N) is 1. The number of fused-ring (bicyclic) bond motifs is 1. The molecule has 19 heavy (non-hydrogen) atoms. The highest BCUT2D eigenvalue weighted by Crippen LogP contribution is 2.20. The van der Waals surface area contributed by atoms with Crippen LogP contribution in [-0.2, 0) is 6.54 Å². The molecule has 0 unspecified atom stereocenters. The molecule has 3 rings (SSSR count). The van der Waals surface area contributed by atoms with Crippen LogP contribution < -0.4 is 0 Å². The van der Waals surface area contributed by atoms with Crippen molar-refractivity contribution in [1.82, 2.24) is 9.55 Å². The van der Waals surface area contributed by atoms with Crippen LogP contribution in [0.3, 0.4) is 0 Å². The minimum atomic E-state index is -0.230. The molecule has 2 aromatic carbocycles. The van der Waals surface area contributed by atoms with Crippen molar-refractivity contribution in [3.8, 4) is 0 Å². The molecule has 0 saturated carbocycles. The standard InChI is InChI=1S/C14H10BrFN2S/c15-10-4-5-13-12(7-10)17-14(19)18(13)8-9-2-1-3-11(16)6-9/h1-7H,8H2,(H,17,19). The summed E-state index contributed by atoms with van der Waals surface area (Å²) in [7, 11) is 0. The first kappa shape index (κ1) is 12.6. The Morgan fingerprint density at radius 1 is 1.21 bits per heavy atom. The predicted octanol–water partition coefficient (Wildman–Crippen LogP) is 4.65. The highest BCUT2D eigenvalue weighted by atomic mass is 79.9. The second-order valence-electron chi connectivity index (χ2n) is 4.31. The number of hydrogen-bond donors (Lipinski definition) is 1. The molecule has 2 nitrogen and oxygen atoms in total. The van der Waals surface area contributed by atoms with Gasteiger partial charge in [0, 0.05) is 4.47 Å². The van der Waals surface area contributed by atoms with E-state index in [0.717, 1.165) is 21.1 Å². The van der Waals surface area contributed by atoms with Gasteiger partial charge in [-0.1, -0.05) is 28.1 Å². The van der Waals surface area contributed by atoms with E-state index >= 15 is 0 Å². The molecular formula is C14H10BrFN2S. The summed E-state index contributed by atoms with van der Waals surface area (Å²) < 4.78 is 16.8. The van der Waals surface area contributed by atoms with Crippen molar-refractivity contribution in [2.45, 2.75) is 6.54 Å². The lowest BCUT2D eigenvalue weighted by Crippen LogP contribution is -1.99. The lowest BCUT2D eigenvalue weighted by molar-refractivity contribution is 0.623. The van der Waals surface area contributed by atoms with Crippen LogP contribution in [0.4, 0.5) is 4.39 Å². The lowest BCUT2D eigenvalue weighted by atomic mass is 10.2. The lowest BCUT2D eigenvalue weighted by Gasteiger charge is -2.05. The Morgan fingerprint density at radius 2 is 2.05 bits per heavy atom. The first-order valence-corrected chi connectivity index (χ1v) is 6.96. The minimum Gasteiger partial charge on any atom is -0.331 e. The number of aromatic amines is 1. The second kappa shape index (κ2) is 4.90. The normalized spacial score (nSPS) is 11.1. The largest absolute Gasteiger partial charge is 0.331 e. The molecule has 0 aliphatic carbocycles. The summed E-state index contributed by atoms with van der Waals surface area (Å²) in [6, 6.07) is 12.5. The molecule has 0 radical (unpaired) electrons. The van der Waals surface area contributed by atoms with Crippen LogP contribution >= 0.6 is 28.1 Å². The third-order valence-electron chi connectivity index (χ3n) is 2.97. The van der Waals surface area contributed by atoms with Crippen LogP contribution in [0, 0.1) is 10.6 Å². The maximum absolute atomic E-state index is 13.2. The first-order chi connectivity index (χ1) is 9.13. The van der Waals surface area contributed by atoms with Gasteiger partial charge in [0.05, 0.1) is 17.6 Å². The second-order valence-corrected chi connectivity index (χ2v) is 5.61. The molecule has 0 aliphatic rings. The van der Waals surface area contributed by atoms with E-state index in [1.54, 1.807) is 6.07 Å². The highest BCUT2D eigenvalue weighted by molar-refractivity contribution is 9.10. The number of benzene rings is 2. The molecule has 0 amide bonds. The molecule has 5 heteroatoms. The van der Waals surface area contributed by atoms with Crippen molar-refractivity contribution in [3.63, 3.8) is 0 Å². The average molecular weight is 337 g/mol. The van der Waals surface area contributed by atoms with Crippen molar-refractivity contribution in [3.05, 3.63) is 63.1 Å². The van der Waals surface area contributed by atoms with E-state index in [2.05, 4.69) is 20.9 Å². The smallest absolute Gasteiger partial charge is 0.178 e. The number of aromatic nitrogens is 2. The molecule has 3 aromatic rings. The summed E-state index contributed by atoms with van der Waals surface area (Å²) in [4.78, 5) is 3.16. The summed E-state index contributed by atoms with van der Waals surface area (Å²) in [5, 5.41) is 0. The van der Waals surface area contributed by atoms with Crippen molar-refractivity contribution in [2.75, 3.05) is 0 Å². The molecule has 1 heterocycles. The Bertz CT molecular complexity index is 807. The average Bonchev–Trinajstić information content (AvgIpc) is 2.65. The fourth-order valence-electron chi connectivity index (χ4n) is 2.11. The van der Waals surface area contributed by atoms with Gasteiger partial charge in [-0.15, -0.1) is 0 Å². The van der Waals surface area contributed by atoms with Gasteiger partial charge in [-0.3, -0.25) is 0 Å². The van der Waals surface area contributed by atoms with Crippen molar-refractivity contribution < 1.29 is 4.39 Å². The summed E-state index contributed by atoms with van der Waals surface area (Å²) in [5.74, 6) is -0.230. The fraction of sp³-hybridized carbons (Fsp3) is 0.0714. The molecule has 1 aromatic heterocycles. The van der Waals surface area contributed by atoms with E-state index in [-0.39, 0.29) is 5.82 Å². The van der Waals surface area contributed by atoms with Gasteiger partial charge in [0.2, 0.25) is 0 Å². The van der Waals surface area contributed by atoms with Crippen LogP contribution in [0.15, 0.2) is 46.9 Å². The molecule has 0 saturated heterocycles. The van der Waals surface area contributed by atoms with E-state index in [1.165, 1.54) is 12.1 Å². The van der Waals surface area contributed by atoms with Crippen LogP contribution in [0.5, 0.6) is 0 Å². The zero-order chi connectivity index (χ0) is 13.4. The van der Waals surface area contributed by atoms with Gasteiger partial charge in [-0.25, -0.2) is 4.39 Å². The van der Waals surface area contributed by atoms with E-state index in [4.69, 9.17) is 12.2 Å². The van der Waals surface area contributed by atoms with Gasteiger partial charge in [-0.05, 0) is 48.1 Å². The first-order valence-electron chi connectivity index (χ1n) is 5.76. The summed E-state index contributed by atoms with van der Waals surface area (Å²) in [6.45, 7) is 0.554. The van der Waals surface area contributed by atoms with Crippen LogP contribution in [0.25, 0.3) is 11.0 Å². The SMILES string of the molecule is Fc1cccc(Cn2c(=S)[nH]c3cc(Br)ccc32)c1. The molecule has 0 atom stereocenters. The van der Waals surface area contributed by atoms with E-state index in [1.807, 2.05) is 28.8 Å². The van der Waals surface area contributed by atoms with Crippen molar-refractivity contribution >= 4 is 39.2 Å². The zero-order valence-electron chi connectivity index (χ0n) is 9.86. The number of halogens is 2. The number of H-pyrrole nitrogens is 1. The van der Waals surface area contributed by atoms with Gasteiger partial charge < -0.3 is 9.55 Å². The highest BCUT2D eigenvalue weighted by Gasteiger charge is 2.06. The van der Waals surface area contributed by atoms with Crippen LogP contribution in [-0.4, -0.2) is 9.55 Å². The molecule has 0 fully saturated rings. The van der Waals surface area contributed by atoms with Gasteiger partial charge in [0.1, 0.15) is 5.82 Å². The summed E-state index contributed by atoms with van der Waals surface area (Å²) >= 11 is 8.76. The quantitative estimate of drug-likeness (QED) is 0.675. The Hall–Kier alpha value is -1.46. The Labute approximate surface area is 123 Å². The number of hydrogen-bond acceptors (Lipinski definition) is 1. The third kappa shape index (κ3) is 2.48. The van der Waals surface area contributed by atoms with E-state index in [9.17, 15) is 4.39 Å². The maximum atomic E-state index is 13.2. The maximum Gasteiger partial charge on any atom is 0.178 e. The molecule has 96 valence electrons. The molecular weight excluding hydrogens is 327 g/mol. The predicted molar refractivity (Wildman–Crippen MR) is 80.3 cm³/mol. The number of rotatable bonds is 2. The van der Waals surface area contributed by atoms with E-state index in [0.29, 0.717) is 11.3 Å². The number of imidazole rings is 1. The third-order valence-corrected chi connectivity index (χ3v) is 3.78. The van der Waals surface area contributed by atoms with Crippen LogP contribution in [0.1, 0.15) is 5.56 Å². The fourth-order valence-corrected chi connectivity index (χ4v) is 2.74. The van der Waals surface area contributed by atoms with Crippen LogP contribution in [0.2, 0.25) is 0 Å².